The summed E-state index contributed by atoms with van der Waals surface area (Å²) in [6, 6.07) is -0.760. The van der Waals surface area contributed by atoms with Crippen molar-refractivity contribution in [1.82, 2.24) is 5.32 Å². The van der Waals surface area contributed by atoms with Gasteiger partial charge in [-0.1, -0.05) is 0 Å². The van der Waals surface area contributed by atoms with Crippen LogP contribution in [-0.4, -0.2) is 43.5 Å². The van der Waals surface area contributed by atoms with Gasteiger partial charge in [0.15, 0.2) is 0 Å². The zero-order chi connectivity index (χ0) is 14.3. The minimum Gasteiger partial charge on any atom is -0.461 e. The van der Waals surface area contributed by atoms with Crippen LogP contribution in [0.25, 0.3) is 0 Å². The largest absolute Gasteiger partial charge is 0.461 e. The standard InChI is InChI=1S/C12H23NO5/c1-8(16-6)7-17-10(14)9(2)13-11(15)18-12(3,4)5/h8-9H,7H2,1-6H3,(H,13,15)/t8?,9-/m1/s1. The summed E-state index contributed by atoms with van der Waals surface area (Å²) >= 11 is 0. The van der Waals surface area contributed by atoms with Gasteiger partial charge in [0, 0.05) is 7.11 Å². The van der Waals surface area contributed by atoms with Crippen LogP contribution in [0.15, 0.2) is 0 Å². The maximum atomic E-state index is 11.5. The van der Waals surface area contributed by atoms with Gasteiger partial charge >= 0.3 is 12.1 Å². The molecule has 0 aromatic carbocycles. The van der Waals surface area contributed by atoms with E-state index in [4.69, 9.17) is 14.2 Å². The van der Waals surface area contributed by atoms with E-state index in [-0.39, 0.29) is 12.7 Å². The van der Waals surface area contributed by atoms with Gasteiger partial charge in [-0.15, -0.1) is 0 Å². The molecule has 0 saturated heterocycles. The molecule has 0 fully saturated rings. The second-order valence-electron chi connectivity index (χ2n) is 5.04. The van der Waals surface area contributed by atoms with Gasteiger partial charge < -0.3 is 19.5 Å². The Morgan fingerprint density at radius 3 is 2.22 bits per heavy atom. The van der Waals surface area contributed by atoms with E-state index < -0.39 is 23.7 Å². The van der Waals surface area contributed by atoms with Crippen molar-refractivity contribution in [2.24, 2.45) is 0 Å². The third-order valence-electron chi connectivity index (χ3n) is 1.95. The van der Waals surface area contributed by atoms with Crippen molar-refractivity contribution in [2.75, 3.05) is 13.7 Å². The molecule has 0 aliphatic carbocycles. The van der Waals surface area contributed by atoms with E-state index in [0.29, 0.717) is 0 Å². The second kappa shape index (κ2) is 7.20. The van der Waals surface area contributed by atoms with Gasteiger partial charge in [-0.3, -0.25) is 0 Å². The van der Waals surface area contributed by atoms with Crippen LogP contribution >= 0.6 is 0 Å². The van der Waals surface area contributed by atoms with Gasteiger partial charge in [-0.05, 0) is 34.6 Å². The summed E-state index contributed by atoms with van der Waals surface area (Å²) in [4.78, 5) is 22.9. The molecule has 106 valence electrons. The summed E-state index contributed by atoms with van der Waals surface area (Å²) in [6.45, 7) is 8.69. The van der Waals surface area contributed by atoms with Crippen molar-refractivity contribution >= 4 is 12.1 Å². The number of methoxy groups -OCH3 is 1. The van der Waals surface area contributed by atoms with E-state index in [0.717, 1.165) is 0 Å². The zero-order valence-corrected chi connectivity index (χ0v) is 11.9. The predicted octanol–water partition coefficient (Wildman–Crippen LogP) is 1.48. The number of amides is 1. The topological polar surface area (TPSA) is 73.9 Å². The number of esters is 1. The molecule has 6 heteroatoms. The lowest BCUT2D eigenvalue weighted by atomic mass is 10.2. The molecule has 0 radical (unpaired) electrons. The molecule has 0 aliphatic heterocycles. The van der Waals surface area contributed by atoms with Crippen LogP contribution in [0.4, 0.5) is 4.79 Å². The number of rotatable bonds is 5. The Morgan fingerprint density at radius 2 is 1.78 bits per heavy atom. The Kier molecular flexibility index (Phi) is 6.68. The van der Waals surface area contributed by atoms with Crippen LogP contribution in [0.1, 0.15) is 34.6 Å². The predicted molar refractivity (Wildman–Crippen MR) is 66.3 cm³/mol. The number of nitrogens with one attached hydrogen (secondary N) is 1. The minimum atomic E-state index is -0.760. The lowest BCUT2D eigenvalue weighted by Crippen LogP contribution is -2.42. The highest BCUT2D eigenvalue weighted by Gasteiger charge is 2.22. The van der Waals surface area contributed by atoms with Crippen molar-refractivity contribution < 1.29 is 23.8 Å². The van der Waals surface area contributed by atoms with Gasteiger partial charge in [-0.25, -0.2) is 9.59 Å². The van der Waals surface area contributed by atoms with Crippen LogP contribution in [0.2, 0.25) is 0 Å². The van der Waals surface area contributed by atoms with Crippen LogP contribution in [0.5, 0.6) is 0 Å². The lowest BCUT2D eigenvalue weighted by Gasteiger charge is -2.21. The van der Waals surface area contributed by atoms with E-state index in [9.17, 15) is 9.59 Å². The molecule has 1 N–H and O–H groups in total. The maximum Gasteiger partial charge on any atom is 0.408 e. The highest BCUT2D eigenvalue weighted by Crippen LogP contribution is 2.06. The molecule has 1 unspecified atom stereocenters. The summed E-state index contributed by atoms with van der Waals surface area (Å²) < 4.78 is 14.9. The summed E-state index contributed by atoms with van der Waals surface area (Å²) in [6.07, 6.45) is -0.825. The average molecular weight is 261 g/mol. The Balaban J connectivity index is 4.04. The van der Waals surface area contributed by atoms with Crippen LogP contribution in [0, 0.1) is 0 Å². The van der Waals surface area contributed by atoms with Gasteiger partial charge in [0.25, 0.3) is 0 Å². The Hall–Kier alpha value is -1.30. The first-order chi connectivity index (χ1) is 8.15. The SMILES string of the molecule is COC(C)COC(=O)[C@@H](C)NC(=O)OC(C)(C)C. The molecule has 0 rings (SSSR count). The third kappa shape index (κ3) is 7.89. The maximum absolute atomic E-state index is 11.5. The zero-order valence-electron chi connectivity index (χ0n) is 11.9. The number of ether oxygens (including phenoxy) is 3. The highest BCUT2D eigenvalue weighted by molar-refractivity contribution is 5.81. The van der Waals surface area contributed by atoms with E-state index in [1.807, 2.05) is 0 Å². The van der Waals surface area contributed by atoms with Crippen LogP contribution < -0.4 is 5.32 Å². The molecule has 18 heavy (non-hydrogen) atoms. The first-order valence-corrected chi connectivity index (χ1v) is 5.84. The van der Waals surface area contributed by atoms with Crippen molar-refractivity contribution in [2.45, 2.75) is 52.4 Å². The summed E-state index contributed by atoms with van der Waals surface area (Å²) in [7, 11) is 1.53. The molecule has 0 aromatic heterocycles. The third-order valence-corrected chi connectivity index (χ3v) is 1.95. The highest BCUT2D eigenvalue weighted by atomic mass is 16.6. The molecule has 2 atom stereocenters. The van der Waals surface area contributed by atoms with Crippen molar-refractivity contribution in [3.05, 3.63) is 0 Å². The van der Waals surface area contributed by atoms with Crippen LogP contribution in [-0.2, 0) is 19.0 Å². The quantitative estimate of drug-likeness (QED) is 0.759. The minimum absolute atomic E-state index is 0.148. The number of hydrogen-bond donors (Lipinski definition) is 1. The van der Waals surface area contributed by atoms with Crippen molar-refractivity contribution in [3.8, 4) is 0 Å². The Bertz CT molecular complexity index is 285. The number of carbonyl (C=O) groups is 2. The monoisotopic (exact) mass is 261 g/mol. The van der Waals surface area contributed by atoms with E-state index in [1.165, 1.54) is 14.0 Å². The number of hydrogen-bond acceptors (Lipinski definition) is 5. The first-order valence-electron chi connectivity index (χ1n) is 5.84. The van der Waals surface area contributed by atoms with Gasteiger partial charge in [0.05, 0.1) is 6.10 Å². The molecule has 1 amide bonds. The summed E-state index contributed by atoms with van der Waals surface area (Å²) in [5.74, 6) is -0.523. The normalized spacial score (nSPS) is 14.6. The molecule has 0 spiro atoms. The fraction of sp³-hybridized carbons (Fsp3) is 0.833. The van der Waals surface area contributed by atoms with E-state index >= 15 is 0 Å². The first kappa shape index (κ1) is 16.7. The fourth-order valence-electron chi connectivity index (χ4n) is 0.936. The van der Waals surface area contributed by atoms with Crippen LogP contribution in [0.3, 0.4) is 0 Å². The molecular formula is C12H23NO5. The van der Waals surface area contributed by atoms with E-state index in [1.54, 1.807) is 27.7 Å². The molecule has 6 nitrogen and oxygen atoms in total. The fourth-order valence-corrected chi connectivity index (χ4v) is 0.936. The summed E-state index contributed by atoms with van der Waals surface area (Å²) in [5.41, 5.74) is -0.599. The lowest BCUT2D eigenvalue weighted by molar-refractivity contribution is -0.148. The van der Waals surface area contributed by atoms with Gasteiger partial charge in [0.2, 0.25) is 0 Å². The Labute approximate surface area is 108 Å². The van der Waals surface area contributed by atoms with Gasteiger partial charge in [0.1, 0.15) is 18.2 Å². The van der Waals surface area contributed by atoms with Gasteiger partial charge in [-0.2, -0.15) is 0 Å². The van der Waals surface area contributed by atoms with Crippen molar-refractivity contribution in [1.29, 1.82) is 0 Å². The number of carbonyl (C=O) groups excluding carboxylic acids is 2. The van der Waals surface area contributed by atoms with E-state index in [2.05, 4.69) is 5.32 Å². The molecule has 0 aromatic rings. The average Bonchev–Trinajstić information content (AvgIpc) is 2.22. The summed E-state index contributed by atoms with van der Waals surface area (Å²) in [5, 5.41) is 2.40. The molecule has 0 heterocycles. The smallest absolute Gasteiger partial charge is 0.408 e. The van der Waals surface area contributed by atoms with Crippen molar-refractivity contribution in [3.63, 3.8) is 0 Å². The second-order valence-corrected chi connectivity index (χ2v) is 5.04. The molecule has 0 saturated carbocycles. The molecule has 0 bridgehead atoms. The molecule has 0 aliphatic rings. The molecular weight excluding hydrogens is 238 g/mol. The number of alkyl carbamates (subject to hydrolysis) is 1. The Morgan fingerprint density at radius 1 is 1.22 bits per heavy atom.